The molecule has 14 heavy (non-hydrogen) atoms. The molecule has 0 atom stereocenters. The minimum absolute atomic E-state index is 0.0460. The molecule has 0 fully saturated rings. The maximum atomic E-state index is 11.8. The number of rotatable bonds is 4. The van der Waals surface area contributed by atoms with Crippen LogP contribution in [0, 0.1) is 6.92 Å². The molecule has 0 aliphatic carbocycles. The summed E-state index contributed by atoms with van der Waals surface area (Å²) >= 11 is 0. The van der Waals surface area contributed by atoms with Crippen molar-refractivity contribution < 1.29 is 4.79 Å². The first-order valence-electron chi connectivity index (χ1n) is 4.92. The number of unbranched alkanes of at least 4 members (excludes halogenated alkanes) is 1. The predicted molar refractivity (Wildman–Crippen MR) is 55.2 cm³/mol. The number of carbonyl (C=O) groups excluding carboxylic acids is 1. The highest BCUT2D eigenvalue weighted by molar-refractivity contribution is 5.94. The van der Waals surface area contributed by atoms with Crippen LogP contribution in [0.5, 0.6) is 0 Å². The van der Waals surface area contributed by atoms with Crippen LogP contribution < -0.4 is 0 Å². The number of H-pyrrole nitrogens is 1. The van der Waals surface area contributed by atoms with Gasteiger partial charge in [0.15, 0.2) is 0 Å². The Morgan fingerprint density at radius 2 is 2.36 bits per heavy atom. The molecule has 1 heterocycles. The molecule has 0 saturated heterocycles. The van der Waals surface area contributed by atoms with Crippen molar-refractivity contribution in [2.24, 2.45) is 0 Å². The average molecular weight is 195 g/mol. The van der Waals surface area contributed by atoms with Crippen molar-refractivity contribution in [2.45, 2.75) is 26.7 Å². The second kappa shape index (κ2) is 4.79. The molecule has 0 bridgehead atoms. The van der Waals surface area contributed by atoms with E-state index in [2.05, 4.69) is 17.1 Å². The van der Waals surface area contributed by atoms with Crippen LogP contribution in [0.25, 0.3) is 0 Å². The molecule has 0 aliphatic heterocycles. The number of nitrogens with one attached hydrogen (secondary N) is 1. The zero-order valence-electron chi connectivity index (χ0n) is 9.00. The first-order chi connectivity index (χ1) is 6.66. The molecule has 0 aromatic carbocycles. The molecule has 0 saturated carbocycles. The van der Waals surface area contributed by atoms with Crippen LogP contribution in [0.1, 0.15) is 35.8 Å². The first-order valence-corrected chi connectivity index (χ1v) is 4.92. The topological polar surface area (TPSA) is 49.0 Å². The van der Waals surface area contributed by atoms with E-state index in [-0.39, 0.29) is 5.91 Å². The zero-order chi connectivity index (χ0) is 10.6. The van der Waals surface area contributed by atoms with E-state index in [4.69, 9.17) is 0 Å². The van der Waals surface area contributed by atoms with Crippen LogP contribution in [0.4, 0.5) is 0 Å². The monoisotopic (exact) mass is 195 g/mol. The lowest BCUT2D eigenvalue weighted by Gasteiger charge is -2.15. The average Bonchev–Trinajstić information content (AvgIpc) is 2.59. The van der Waals surface area contributed by atoms with Gasteiger partial charge in [0.25, 0.3) is 5.91 Å². The summed E-state index contributed by atoms with van der Waals surface area (Å²) in [5, 5.41) is 6.60. The van der Waals surface area contributed by atoms with Gasteiger partial charge in [-0.05, 0) is 13.3 Å². The maximum absolute atomic E-state index is 11.8. The van der Waals surface area contributed by atoms with Crippen molar-refractivity contribution in [3.63, 3.8) is 0 Å². The van der Waals surface area contributed by atoms with E-state index in [0.717, 1.165) is 25.1 Å². The number of aromatic amines is 1. The molecule has 4 nitrogen and oxygen atoms in total. The molecule has 78 valence electrons. The molecule has 1 rings (SSSR count). The summed E-state index contributed by atoms with van der Waals surface area (Å²) in [6, 6.07) is 0. The summed E-state index contributed by atoms with van der Waals surface area (Å²) in [6.07, 6.45) is 3.72. The second-order valence-electron chi connectivity index (χ2n) is 3.49. The van der Waals surface area contributed by atoms with Crippen molar-refractivity contribution in [3.05, 3.63) is 17.5 Å². The summed E-state index contributed by atoms with van der Waals surface area (Å²) in [5.41, 5.74) is 1.50. The molecule has 1 N–H and O–H groups in total. The quantitative estimate of drug-likeness (QED) is 0.793. The highest BCUT2D eigenvalue weighted by Gasteiger charge is 2.14. The van der Waals surface area contributed by atoms with Crippen LogP contribution in [-0.2, 0) is 0 Å². The number of aryl methyl sites for hydroxylation is 1. The Bertz CT molecular complexity index is 306. The SMILES string of the molecule is CCCCN(C)C(=O)c1cn[nH]c1C. The number of hydrogen-bond acceptors (Lipinski definition) is 2. The van der Waals surface area contributed by atoms with E-state index in [1.807, 2.05) is 14.0 Å². The highest BCUT2D eigenvalue weighted by Crippen LogP contribution is 2.06. The van der Waals surface area contributed by atoms with Gasteiger partial charge in [-0.15, -0.1) is 0 Å². The summed E-state index contributed by atoms with van der Waals surface area (Å²) in [4.78, 5) is 13.5. The smallest absolute Gasteiger partial charge is 0.257 e. The van der Waals surface area contributed by atoms with E-state index < -0.39 is 0 Å². The molecule has 1 aromatic rings. The Hall–Kier alpha value is -1.32. The number of nitrogens with zero attached hydrogens (tertiary/aromatic N) is 2. The van der Waals surface area contributed by atoms with Gasteiger partial charge in [-0.25, -0.2) is 0 Å². The van der Waals surface area contributed by atoms with Gasteiger partial charge in [0.2, 0.25) is 0 Å². The minimum atomic E-state index is 0.0460. The van der Waals surface area contributed by atoms with Crippen LogP contribution in [-0.4, -0.2) is 34.6 Å². The summed E-state index contributed by atoms with van der Waals surface area (Å²) < 4.78 is 0. The van der Waals surface area contributed by atoms with Crippen LogP contribution in [0.15, 0.2) is 6.20 Å². The number of aromatic nitrogens is 2. The minimum Gasteiger partial charge on any atom is -0.342 e. The predicted octanol–water partition coefficient (Wildman–Crippen LogP) is 1.59. The lowest BCUT2D eigenvalue weighted by Crippen LogP contribution is -2.27. The summed E-state index contributed by atoms with van der Waals surface area (Å²) in [6.45, 7) is 4.77. The molecular formula is C10H17N3O. The molecule has 0 unspecified atom stereocenters. The fraction of sp³-hybridized carbons (Fsp3) is 0.600. The standard InChI is InChI=1S/C10H17N3O/c1-4-5-6-13(3)10(14)9-7-11-12-8(9)2/h7H,4-6H2,1-3H3,(H,11,12). The number of amides is 1. The van der Waals surface area contributed by atoms with Gasteiger partial charge < -0.3 is 4.90 Å². The Morgan fingerprint density at radius 1 is 1.64 bits per heavy atom. The summed E-state index contributed by atoms with van der Waals surface area (Å²) in [7, 11) is 1.82. The van der Waals surface area contributed by atoms with Gasteiger partial charge in [0, 0.05) is 19.3 Å². The van der Waals surface area contributed by atoms with Gasteiger partial charge in [0.05, 0.1) is 11.8 Å². The Labute approximate surface area is 84.3 Å². The van der Waals surface area contributed by atoms with E-state index in [1.165, 1.54) is 0 Å². The van der Waals surface area contributed by atoms with E-state index in [0.29, 0.717) is 5.56 Å². The van der Waals surface area contributed by atoms with Gasteiger partial charge in [-0.1, -0.05) is 13.3 Å². The highest BCUT2D eigenvalue weighted by atomic mass is 16.2. The van der Waals surface area contributed by atoms with Gasteiger partial charge in [0.1, 0.15) is 0 Å². The number of carbonyl (C=O) groups is 1. The normalized spacial score (nSPS) is 10.2. The van der Waals surface area contributed by atoms with Crippen molar-refractivity contribution in [3.8, 4) is 0 Å². The maximum Gasteiger partial charge on any atom is 0.257 e. The fourth-order valence-electron chi connectivity index (χ4n) is 1.27. The third-order valence-electron chi connectivity index (χ3n) is 2.25. The largest absolute Gasteiger partial charge is 0.342 e. The molecule has 4 heteroatoms. The third-order valence-corrected chi connectivity index (χ3v) is 2.25. The Kier molecular flexibility index (Phi) is 3.68. The first kappa shape index (κ1) is 10.8. The number of hydrogen-bond donors (Lipinski definition) is 1. The van der Waals surface area contributed by atoms with Crippen molar-refractivity contribution in [1.29, 1.82) is 0 Å². The van der Waals surface area contributed by atoms with Gasteiger partial charge >= 0.3 is 0 Å². The van der Waals surface area contributed by atoms with Gasteiger partial charge in [-0.2, -0.15) is 5.10 Å². The van der Waals surface area contributed by atoms with Gasteiger partial charge in [-0.3, -0.25) is 9.89 Å². The fourth-order valence-corrected chi connectivity index (χ4v) is 1.27. The zero-order valence-corrected chi connectivity index (χ0v) is 9.00. The van der Waals surface area contributed by atoms with Crippen molar-refractivity contribution in [1.82, 2.24) is 15.1 Å². The van der Waals surface area contributed by atoms with Crippen molar-refractivity contribution in [2.75, 3.05) is 13.6 Å². The van der Waals surface area contributed by atoms with E-state index in [9.17, 15) is 4.79 Å². The molecule has 0 spiro atoms. The summed E-state index contributed by atoms with van der Waals surface area (Å²) in [5.74, 6) is 0.0460. The van der Waals surface area contributed by atoms with Crippen LogP contribution >= 0.6 is 0 Å². The molecular weight excluding hydrogens is 178 g/mol. The molecule has 1 amide bonds. The van der Waals surface area contributed by atoms with Crippen LogP contribution in [0.3, 0.4) is 0 Å². The van der Waals surface area contributed by atoms with Crippen molar-refractivity contribution >= 4 is 5.91 Å². The molecule has 0 radical (unpaired) electrons. The van der Waals surface area contributed by atoms with E-state index in [1.54, 1.807) is 11.1 Å². The third kappa shape index (κ3) is 2.34. The molecule has 1 aromatic heterocycles. The second-order valence-corrected chi connectivity index (χ2v) is 3.49. The van der Waals surface area contributed by atoms with E-state index >= 15 is 0 Å². The Morgan fingerprint density at radius 3 is 2.86 bits per heavy atom. The Balaban J connectivity index is 2.61. The lowest BCUT2D eigenvalue weighted by atomic mass is 10.2. The van der Waals surface area contributed by atoms with Crippen LogP contribution in [0.2, 0.25) is 0 Å². The lowest BCUT2D eigenvalue weighted by molar-refractivity contribution is 0.0792. The molecule has 0 aliphatic rings.